The van der Waals surface area contributed by atoms with Crippen molar-refractivity contribution in [2.24, 2.45) is 5.92 Å². The topological polar surface area (TPSA) is 137 Å². The quantitative estimate of drug-likeness (QED) is 0.0789. The Hall–Kier alpha value is -5.19. The van der Waals surface area contributed by atoms with Gasteiger partial charge in [0.1, 0.15) is 11.9 Å². The maximum Gasteiger partial charge on any atom is 0.227 e. The molecule has 280 valence electrons. The van der Waals surface area contributed by atoms with Crippen molar-refractivity contribution in [3.63, 3.8) is 0 Å². The molecule has 0 radical (unpaired) electrons. The van der Waals surface area contributed by atoms with Crippen LogP contribution in [0.1, 0.15) is 57.1 Å². The number of likely N-dealkylation sites (N-methyl/N-ethyl adjacent to an activating group) is 1. The Morgan fingerprint density at radius 2 is 1.57 bits per heavy atom. The van der Waals surface area contributed by atoms with Gasteiger partial charge in [-0.2, -0.15) is 0 Å². The van der Waals surface area contributed by atoms with E-state index in [2.05, 4.69) is 65.9 Å². The van der Waals surface area contributed by atoms with Gasteiger partial charge in [0.15, 0.2) is 0 Å². The van der Waals surface area contributed by atoms with Crippen molar-refractivity contribution in [1.29, 1.82) is 0 Å². The van der Waals surface area contributed by atoms with Gasteiger partial charge >= 0.3 is 0 Å². The molecule has 5 rings (SSSR count). The van der Waals surface area contributed by atoms with Crippen molar-refractivity contribution in [3.05, 3.63) is 108 Å². The molecule has 53 heavy (non-hydrogen) atoms. The van der Waals surface area contributed by atoms with Gasteiger partial charge < -0.3 is 31.1 Å². The molecule has 0 aromatic heterocycles. The lowest BCUT2D eigenvalue weighted by atomic mass is 10.0. The van der Waals surface area contributed by atoms with Crippen molar-refractivity contribution in [1.82, 2.24) is 9.80 Å². The number of carbonyl (C=O) groups excluding carboxylic acids is 3. The molecule has 0 fully saturated rings. The third-order valence-corrected chi connectivity index (χ3v) is 9.75. The molecule has 0 saturated heterocycles. The molecule has 0 aliphatic carbocycles. The summed E-state index contributed by atoms with van der Waals surface area (Å²) < 4.78 is 6.70. The van der Waals surface area contributed by atoms with Crippen LogP contribution in [0.4, 0.5) is 17.1 Å². The van der Waals surface area contributed by atoms with E-state index in [4.69, 9.17) is 10.5 Å². The standard InChI is InChI=1S/C43H53N5O5/c1-30-26-48(31(2)29-49)43(52)25-35-24-36(45-41(50)16-8-5-9-17-42(51)46-38-15-11-10-14-37(38)44)22-23-39(35)53-40(30)28-47(3)27-32-18-20-34(21-19-32)33-12-6-4-7-13-33/h4,6-7,10-15,18-24,30-31,40,49H,5,8-9,16-17,25-29,44H2,1-3H3,(H,45,50)(H,46,51)/t30-,31-,40-/m0/s1. The molecule has 1 aliphatic heterocycles. The van der Waals surface area contributed by atoms with Gasteiger partial charge in [0.05, 0.1) is 30.4 Å². The fourth-order valence-electron chi connectivity index (χ4n) is 6.64. The lowest BCUT2D eigenvalue weighted by molar-refractivity contribution is -0.134. The second-order valence-electron chi connectivity index (χ2n) is 14.2. The van der Waals surface area contributed by atoms with Crippen LogP contribution in [-0.2, 0) is 27.3 Å². The molecular weight excluding hydrogens is 667 g/mol. The van der Waals surface area contributed by atoms with Gasteiger partial charge in [0, 0.05) is 49.6 Å². The molecule has 0 saturated carbocycles. The number of unbranched alkanes of at least 4 members (excludes halogenated alkanes) is 2. The molecule has 0 spiro atoms. The Morgan fingerprint density at radius 3 is 2.26 bits per heavy atom. The number of benzene rings is 4. The summed E-state index contributed by atoms with van der Waals surface area (Å²) in [6.45, 7) is 5.60. The summed E-state index contributed by atoms with van der Waals surface area (Å²) >= 11 is 0. The minimum atomic E-state index is -0.349. The molecule has 1 aliphatic rings. The van der Waals surface area contributed by atoms with Crippen molar-refractivity contribution in [2.75, 3.05) is 43.1 Å². The van der Waals surface area contributed by atoms with Crippen LogP contribution in [0.15, 0.2) is 97.1 Å². The lowest BCUT2D eigenvalue weighted by Crippen LogP contribution is -2.47. The summed E-state index contributed by atoms with van der Waals surface area (Å²) in [6.07, 6.45) is 2.52. The highest BCUT2D eigenvalue weighted by Crippen LogP contribution is 2.30. The molecule has 4 aromatic carbocycles. The number of hydrogen-bond donors (Lipinski definition) is 4. The van der Waals surface area contributed by atoms with Gasteiger partial charge in [-0.05, 0) is 73.8 Å². The van der Waals surface area contributed by atoms with Crippen molar-refractivity contribution in [2.45, 2.75) is 71.1 Å². The van der Waals surface area contributed by atoms with Crippen LogP contribution in [0.3, 0.4) is 0 Å². The summed E-state index contributed by atoms with van der Waals surface area (Å²) in [6, 6.07) is 31.2. The van der Waals surface area contributed by atoms with Gasteiger partial charge in [-0.15, -0.1) is 0 Å². The largest absolute Gasteiger partial charge is 0.488 e. The molecule has 3 amide bonds. The SMILES string of the molecule is C[C@H]1CN([C@@H](C)CO)C(=O)Cc2cc(NC(=O)CCCCCC(=O)Nc3ccccc3N)ccc2O[C@H]1CN(C)Cc1ccc(-c2ccccc2)cc1. The van der Waals surface area contributed by atoms with Crippen molar-refractivity contribution >= 4 is 34.8 Å². The van der Waals surface area contributed by atoms with E-state index in [0.717, 1.165) is 13.0 Å². The van der Waals surface area contributed by atoms with E-state index >= 15 is 0 Å². The molecule has 10 nitrogen and oxygen atoms in total. The van der Waals surface area contributed by atoms with Crippen LogP contribution < -0.4 is 21.1 Å². The monoisotopic (exact) mass is 719 g/mol. The zero-order valence-corrected chi connectivity index (χ0v) is 31.1. The highest BCUT2D eigenvalue weighted by Gasteiger charge is 2.31. The molecule has 0 unspecified atom stereocenters. The minimum Gasteiger partial charge on any atom is -0.488 e. The van der Waals surface area contributed by atoms with Crippen LogP contribution in [0, 0.1) is 5.92 Å². The number of nitrogens with one attached hydrogen (secondary N) is 2. The number of rotatable bonds is 15. The van der Waals surface area contributed by atoms with Crippen LogP contribution in [0.2, 0.25) is 0 Å². The van der Waals surface area contributed by atoms with E-state index in [1.165, 1.54) is 16.7 Å². The average molecular weight is 720 g/mol. The molecule has 4 aromatic rings. The van der Waals surface area contributed by atoms with E-state index in [0.29, 0.717) is 67.1 Å². The number of aliphatic hydroxyl groups is 1. The number of nitrogens with two attached hydrogens (primary N) is 1. The zero-order chi connectivity index (χ0) is 37.7. The normalized spacial score (nSPS) is 16.5. The van der Waals surface area contributed by atoms with E-state index in [1.807, 2.05) is 55.5 Å². The highest BCUT2D eigenvalue weighted by atomic mass is 16.5. The number of para-hydroxylation sites is 2. The molecule has 10 heteroatoms. The van der Waals surface area contributed by atoms with Gasteiger partial charge in [-0.3, -0.25) is 19.3 Å². The summed E-state index contributed by atoms with van der Waals surface area (Å²) in [5, 5.41) is 15.8. The number of carbonyl (C=O) groups is 3. The number of nitrogen functional groups attached to an aromatic ring is 1. The number of amides is 3. The van der Waals surface area contributed by atoms with E-state index in [1.54, 1.807) is 17.0 Å². The minimum absolute atomic E-state index is 0.0243. The Balaban J connectivity index is 1.19. The number of aliphatic hydroxyl groups excluding tert-OH is 1. The molecular formula is C43H53N5O5. The first-order chi connectivity index (χ1) is 25.6. The van der Waals surface area contributed by atoms with Gasteiger partial charge in [-0.25, -0.2) is 0 Å². The Morgan fingerprint density at radius 1 is 0.906 bits per heavy atom. The first kappa shape index (κ1) is 39.0. The predicted molar refractivity (Wildman–Crippen MR) is 211 cm³/mol. The zero-order valence-electron chi connectivity index (χ0n) is 31.1. The number of hydrogen-bond acceptors (Lipinski definition) is 7. The highest BCUT2D eigenvalue weighted by molar-refractivity contribution is 5.94. The summed E-state index contributed by atoms with van der Waals surface area (Å²) in [5.41, 5.74) is 11.8. The van der Waals surface area contributed by atoms with Gasteiger partial charge in [0.25, 0.3) is 0 Å². The van der Waals surface area contributed by atoms with Gasteiger partial charge in [-0.1, -0.05) is 80.1 Å². The number of anilines is 3. The maximum atomic E-state index is 13.7. The summed E-state index contributed by atoms with van der Waals surface area (Å²) in [5.74, 6) is 0.247. The fourth-order valence-corrected chi connectivity index (χ4v) is 6.64. The molecule has 3 atom stereocenters. The number of fused-ring (bicyclic) bond motifs is 1. The fraction of sp³-hybridized carbons (Fsp3) is 0.372. The van der Waals surface area contributed by atoms with E-state index in [-0.39, 0.29) is 48.8 Å². The predicted octanol–water partition coefficient (Wildman–Crippen LogP) is 6.74. The second-order valence-corrected chi connectivity index (χ2v) is 14.2. The van der Waals surface area contributed by atoms with Crippen LogP contribution in [0.5, 0.6) is 5.75 Å². The number of ether oxygens (including phenoxy) is 1. The molecule has 1 heterocycles. The van der Waals surface area contributed by atoms with Gasteiger partial charge in [0.2, 0.25) is 17.7 Å². The second kappa shape index (κ2) is 19.0. The molecule has 5 N–H and O–H groups in total. The van der Waals surface area contributed by atoms with Crippen molar-refractivity contribution in [3.8, 4) is 16.9 Å². The Kier molecular flexibility index (Phi) is 14.0. The summed E-state index contributed by atoms with van der Waals surface area (Å²) in [4.78, 5) is 42.8. The van der Waals surface area contributed by atoms with E-state index in [9.17, 15) is 19.5 Å². The first-order valence-corrected chi connectivity index (χ1v) is 18.6. The third-order valence-electron chi connectivity index (χ3n) is 9.75. The Bertz CT molecular complexity index is 1820. The van der Waals surface area contributed by atoms with Crippen LogP contribution in [0.25, 0.3) is 11.1 Å². The first-order valence-electron chi connectivity index (χ1n) is 18.6. The number of nitrogens with zero attached hydrogens (tertiary/aromatic N) is 2. The van der Waals surface area contributed by atoms with Crippen LogP contribution >= 0.6 is 0 Å². The third kappa shape index (κ3) is 11.4. The maximum absolute atomic E-state index is 13.7. The Labute approximate surface area is 313 Å². The van der Waals surface area contributed by atoms with Crippen LogP contribution in [-0.4, -0.2) is 71.5 Å². The average Bonchev–Trinajstić information content (AvgIpc) is 3.19. The molecule has 0 bridgehead atoms. The lowest BCUT2D eigenvalue weighted by Gasteiger charge is -2.34. The van der Waals surface area contributed by atoms with Crippen molar-refractivity contribution < 1.29 is 24.2 Å². The summed E-state index contributed by atoms with van der Waals surface area (Å²) in [7, 11) is 2.07. The smallest absolute Gasteiger partial charge is 0.227 e. The van der Waals surface area contributed by atoms with E-state index < -0.39 is 0 Å².